The number of rotatable bonds is 5. The first kappa shape index (κ1) is 19.2. The first-order valence-electron chi connectivity index (χ1n) is 8.50. The number of phenols is 1. The van der Waals surface area contributed by atoms with Gasteiger partial charge in [0.1, 0.15) is 24.1 Å². The Morgan fingerprint density at radius 3 is 2.70 bits per heavy atom. The van der Waals surface area contributed by atoms with Crippen molar-refractivity contribution in [3.05, 3.63) is 35.7 Å². The lowest BCUT2D eigenvalue weighted by molar-refractivity contribution is -0.148. The predicted molar refractivity (Wildman–Crippen MR) is 94.0 cm³/mol. The molecule has 2 aromatic rings. The third-order valence-electron chi connectivity index (χ3n) is 5.00. The van der Waals surface area contributed by atoms with Crippen LogP contribution in [0.1, 0.15) is 18.5 Å². The van der Waals surface area contributed by atoms with E-state index >= 15 is 0 Å². The average molecular weight is 378 g/mol. The van der Waals surface area contributed by atoms with Crippen LogP contribution in [0.2, 0.25) is 0 Å². The quantitative estimate of drug-likeness (QED) is 0.500. The van der Waals surface area contributed by atoms with Crippen LogP contribution in [0, 0.1) is 12.8 Å². The number of phenolic OH excluding ortho intramolecular Hbond substituents is 1. The number of fused-ring (bicyclic) bond motifs is 1. The largest absolute Gasteiger partial charge is 0.508 e. The van der Waals surface area contributed by atoms with E-state index in [4.69, 9.17) is 9.84 Å². The van der Waals surface area contributed by atoms with Crippen LogP contribution in [0.15, 0.2) is 30.2 Å². The standard InChI is InChI=1S/C18H22N2O7/c1-8-11(20-6-10-3-4-12(22)9(2)15(10)19-20)5-14(18(25)26)27-17(8)16(24)13(23)7-21/h3-6,8,11,13,16-17,21-24H,7H2,1-2H3,(H,25,26)/t8-,11+,13?,16?,17-/m1/s1. The Hall–Kier alpha value is -2.62. The van der Waals surface area contributed by atoms with E-state index in [0.29, 0.717) is 11.1 Å². The van der Waals surface area contributed by atoms with E-state index in [-0.39, 0.29) is 11.5 Å². The van der Waals surface area contributed by atoms with Gasteiger partial charge >= 0.3 is 5.97 Å². The van der Waals surface area contributed by atoms with Crippen molar-refractivity contribution in [2.75, 3.05) is 6.61 Å². The number of allylic oxidation sites excluding steroid dienone is 1. The average Bonchev–Trinajstić information content (AvgIpc) is 3.08. The van der Waals surface area contributed by atoms with E-state index in [1.54, 1.807) is 36.9 Å². The van der Waals surface area contributed by atoms with E-state index in [9.17, 15) is 25.2 Å². The van der Waals surface area contributed by atoms with Crippen LogP contribution in [-0.2, 0) is 9.53 Å². The molecule has 2 unspecified atom stereocenters. The van der Waals surface area contributed by atoms with Gasteiger partial charge in [0.15, 0.2) is 0 Å². The molecule has 1 aromatic carbocycles. The van der Waals surface area contributed by atoms with Gasteiger partial charge in [-0.2, -0.15) is 5.10 Å². The molecule has 0 aliphatic carbocycles. The van der Waals surface area contributed by atoms with Gasteiger partial charge in [0.2, 0.25) is 5.76 Å². The molecule has 9 nitrogen and oxygen atoms in total. The SMILES string of the molecule is Cc1c(O)ccc2cn([C@H]3C=C(C(=O)O)O[C@@H](C(O)C(O)CO)[C@@H]3C)nc12. The Morgan fingerprint density at radius 1 is 1.37 bits per heavy atom. The maximum absolute atomic E-state index is 11.5. The lowest BCUT2D eigenvalue weighted by Crippen LogP contribution is -2.48. The van der Waals surface area contributed by atoms with Crippen molar-refractivity contribution in [1.29, 1.82) is 0 Å². The summed E-state index contributed by atoms with van der Waals surface area (Å²) in [7, 11) is 0. The first-order valence-corrected chi connectivity index (χ1v) is 8.50. The summed E-state index contributed by atoms with van der Waals surface area (Å²) in [4.78, 5) is 11.5. The zero-order chi connectivity index (χ0) is 19.9. The molecular formula is C18H22N2O7. The monoisotopic (exact) mass is 378 g/mol. The van der Waals surface area contributed by atoms with Gasteiger partial charge in [-0.1, -0.05) is 6.92 Å². The smallest absolute Gasteiger partial charge is 0.370 e. The highest BCUT2D eigenvalue weighted by Gasteiger charge is 2.41. The number of benzene rings is 1. The second-order valence-electron chi connectivity index (χ2n) is 6.77. The molecule has 1 aromatic heterocycles. The van der Waals surface area contributed by atoms with Crippen LogP contribution in [-0.4, -0.2) is 66.2 Å². The Labute approximate surface area is 154 Å². The van der Waals surface area contributed by atoms with Crippen molar-refractivity contribution < 1.29 is 35.1 Å². The number of hydrogen-bond donors (Lipinski definition) is 5. The maximum atomic E-state index is 11.5. The number of aliphatic hydroxyl groups excluding tert-OH is 3. The molecule has 0 radical (unpaired) electrons. The third kappa shape index (κ3) is 3.36. The molecule has 2 heterocycles. The Kier molecular flexibility index (Phi) is 5.09. The lowest BCUT2D eigenvalue weighted by Gasteiger charge is -2.38. The van der Waals surface area contributed by atoms with Crippen LogP contribution in [0.4, 0.5) is 0 Å². The van der Waals surface area contributed by atoms with Gasteiger partial charge in [0, 0.05) is 23.1 Å². The second kappa shape index (κ2) is 7.18. The lowest BCUT2D eigenvalue weighted by atomic mass is 9.87. The highest BCUT2D eigenvalue weighted by molar-refractivity contribution is 5.85. The molecule has 0 spiro atoms. The fourth-order valence-corrected chi connectivity index (χ4v) is 3.33. The fourth-order valence-electron chi connectivity index (χ4n) is 3.33. The minimum atomic E-state index is -1.48. The van der Waals surface area contributed by atoms with Crippen LogP contribution < -0.4 is 0 Å². The predicted octanol–water partition coefficient (Wildman–Crippen LogP) is 0.309. The molecule has 5 atom stereocenters. The molecule has 5 N–H and O–H groups in total. The van der Waals surface area contributed by atoms with Crippen molar-refractivity contribution >= 4 is 16.9 Å². The van der Waals surface area contributed by atoms with Gasteiger partial charge in [0.05, 0.1) is 18.2 Å². The molecule has 0 amide bonds. The maximum Gasteiger partial charge on any atom is 0.370 e. The van der Waals surface area contributed by atoms with Gasteiger partial charge < -0.3 is 30.3 Å². The molecule has 1 aliphatic heterocycles. The number of nitrogens with zero attached hydrogens (tertiary/aromatic N) is 2. The topological polar surface area (TPSA) is 145 Å². The number of carbonyl (C=O) groups is 1. The minimum absolute atomic E-state index is 0.105. The number of ether oxygens (including phenoxy) is 1. The van der Waals surface area contributed by atoms with Crippen molar-refractivity contribution in [3.63, 3.8) is 0 Å². The van der Waals surface area contributed by atoms with Crippen LogP contribution in [0.5, 0.6) is 5.75 Å². The van der Waals surface area contributed by atoms with E-state index in [1.807, 2.05) is 0 Å². The van der Waals surface area contributed by atoms with Gasteiger partial charge in [-0.05, 0) is 25.1 Å². The summed E-state index contributed by atoms with van der Waals surface area (Å²) < 4.78 is 6.93. The molecule has 1 aliphatic rings. The van der Waals surface area contributed by atoms with Crippen molar-refractivity contribution in [2.24, 2.45) is 5.92 Å². The number of carboxylic acid groups (broad SMARTS) is 1. The molecular weight excluding hydrogens is 356 g/mol. The summed E-state index contributed by atoms with van der Waals surface area (Å²) in [5, 5.41) is 53.6. The van der Waals surface area contributed by atoms with Crippen molar-refractivity contribution in [2.45, 2.75) is 38.2 Å². The van der Waals surface area contributed by atoms with E-state index in [2.05, 4.69) is 5.10 Å². The van der Waals surface area contributed by atoms with Gasteiger partial charge in [-0.25, -0.2) is 4.79 Å². The molecule has 0 saturated heterocycles. The first-order chi connectivity index (χ1) is 12.7. The second-order valence-corrected chi connectivity index (χ2v) is 6.77. The molecule has 3 rings (SSSR count). The summed E-state index contributed by atoms with van der Waals surface area (Å²) in [5.41, 5.74) is 1.17. The van der Waals surface area contributed by atoms with Crippen molar-refractivity contribution in [3.8, 4) is 5.75 Å². The molecule has 146 valence electrons. The molecule has 0 bridgehead atoms. The normalized spacial score (nSPS) is 24.9. The number of aromatic nitrogens is 2. The molecule has 9 heteroatoms. The van der Waals surface area contributed by atoms with E-state index < -0.39 is 42.8 Å². The van der Waals surface area contributed by atoms with Gasteiger partial charge in [-0.15, -0.1) is 0 Å². The number of carboxylic acids is 1. The number of aryl methyl sites for hydroxylation is 1. The number of hydrogen-bond acceptors (Lipinski definition) is 7. The van der Waals surface area contributed by atoms with Crippen molar-refractivity contribution in [1.82, 2.24) is 9.78 Å². The summed E-state index contributed by atoms with van der Waals surface area (Å²) in [6.07, 6.45) is -0.901. The Balaban J connectivity index is 2.05. The molecule has 0 fully saturated rings. The van der Waals surface area contributed by atoms with Crippen LogP contribution >= 0.6 is 0 Å². The Bertz CT molecular complexity index is 891. The number of aromatic hydroxyl groups is 1. The van der Waals surface area contributed by atoms with Crippen LogP contribution in [0.3, 0.4) is 0 Å². The van der Waals surface area contributed by atoms with Gasteiger partial charge in [0.25, 0.3) is 0 Å². The Morgan fingerprint density at radius 2 is 2.07 bits per heavy atom. The third-order valence-corrected chi connectivity index (χ3v) is 5.00. The number of aliphatic carboxylic acids is 1. The van der Waals surface area contributed by atoms with Crippen LogP contribution in [0.25, 0.3) is 10.9 Å². The highest BCUT2D eigenvalue weighted by atomic mass is 16.5. The zero-order valence-electron chi connectivity index (χ0n) is 14.9. The summed E-state index contributed by atoms with van der Waals surface area (Å²) in [6, 6.07) is 2.68. The summed E-state index contributed by atoms with van der Waals surface area (Å²) >= 11 is 0. The highest BCUT2D eigenvalue weighted by Crippen LogP contribution is 2.35. The van der Waals surface area contributed by atoms with Gasteiger partial charge in [-0.3, -0.25) is 4.68 Å². The molecule has 27 heavy (non-hydrogen) atoms. The zero-order valence-corrected chi connectivity index (χ0v) is 14.9. The van der Waals surface area contributed by atoms with E-state index in [1.165, 1.54) is 6.08 Å². The molecule has 0 saturated carbocycles. The minimum Gasteiger partial charge on any atom is -0.508 e. The fraction of sp³-hybridized carbons (Fsp3) is 0.444. The number of aliphatic hydroxyl groups is 3. The van der Waals surface area contributed by atoms with E-state index in [0.717, 1.165) is 5.39 Å². The summed E-state index contributed by atoms with van der Waals surface area (Å²) in [5.74, 6) is -2.04. The summed E-state index contributed by atoms with van der Waals surface area (Å²) in [6.45, 7) is 2.77.